The van der Waals surface area contributed by atoms with Crippen molar-refractivity contribution in [1.29, 1.82) is 0 Å². The van der Waals surface area contributed by atoms with Crippen LogP contribution in [0.2, 0.25) is 0 Å². The van der Waals surface area contributed by atoms with Crippen LogP contribution < -0.4 is 5.32 Å². The number of nitrogens with one attached hydrogen (secondary N) is 1. The molecule has 1 aliphatic heterocycles. The summed E-state index contributed by atoms with van der Waals surface area (Å²) >= 11 is 5.24. The van der Waals surface area contributed by atoms with Crippen LogP contribution in [0.5, 0.6) is 0 Å². The first-order valence-electron chi connectivity index (χ1n) is 8.77. The fourth-order valence-corrected chi connectivity index (χ4v) is 3.42. The quantitative estimate of drug-likeness (QED) is 0.556. The number of benzene rings is 3. The average molecular weight is 374 g/mol. The van der Waals surface area contributed by atoms with E-state index in [9.17, 15) is 4.79 Å². The highest BCUT2D eigenvalue weighted by atomic mass is 32.1. The maximum absolute atomic E-state index is 12.8. The minimum Gasteiger partial charge on any atom is -0.460 e. The molecule has 1 aliphatic rings. The second-order valence-electron chi connectivity index (χ2n) is 6.36. The van der Waals surface area contributed by atoms with Gasteiger partial charge in [0.25, 0.3) is 0 Å². The van der Waals surface area contributed by atoms with Crippen molar-refractivity contribution in [2.24, 2.45) is 10.9 Å². The zero-order valence-corrected chi connectivity index (χ0v) is 15.4. The van der Waals surface area contributed by atoms with Gasteiger partial charge in [0.05, 0.1) is 5.71 Å². The smallest absolute Gasteiger partial charge is 0.317 e. The molecule has 0 amide bonds. The Bertz CT molecular complexity index is 1030. The van der Waals surface area contributed by atoms with Crippen molar-refractivity contribution >= 4 is 39.8 Å². The lowest BCUT2D eigenvalue weighted by atomic mass is 9.91. The van der Waals surface area contributed by atoms with Gasteiger partial charge in [-0.25, -0.2) is 4.99 Å². The molecule has 1 unspecified atom stereocenters. The van der Waals surface area contributed by atoms with E-state index in [1.807, 2.05) is 72.8 Å². The van der Waals surface area contributed by atoms with Crippen LogP contribution in [0.25, 0.3) is 10.8 Å². The number of ether oxygens (including phenoxy) is 1. The van der Waals surface area contributed by atoms with Crippen LogP contribution in [0, 0.1) is 5.92 Å². The predicted octanol–water partition coefficient (Wildman–Crippen LogP) is 3.88. The molecule has 0 spiro atoms. The maximum atomic E-state index is 12.8. The minimum atomic E-state index is -0.508. The molecule has 0 bridgehead atoms. The van der Waals surface area contributed by atoms with Crippen LogP contribution in [0.15, 0.2) is 77.8 Å². The van der Waals surface area contributed by atoms with E-state index in [0.29, 0.717) is 17.4 Å². The molecule has 1 atom stereocenters. The number of hydrogen-bond donors (Lipinski definition) is 1. The lowest BCUT2D eigenvalue weighted by molar-refractivity contribution is -0.147. The van der Waals surface area contributed by atoms with E-state index in [4.69, 9.17) is 17.0 Å². The molecule has 1 N–H and O–H groups in total. The first-order valence-corrected chi connectivity index (χ1v) is 9.18. The summed E-state index contributed by atoms with van der Waals surface area (Å²) in [4.78, 5) is 17.3. The van der Waals surface area contributed by atoms with Gasteiger partial charge < -0.3 is 10.1 Å². The Labute approximate surface area is 162 Å². The third-order valence-corrected chi connectivity index (χ3v) is 4.82. The summed E-state index contributed by atoms with van der Waals surface area (Å²) in [6, 6.07) is 23.7. The molecule has 1 heterocycles. The van der Waals surface area contributed by atoms with Crippen LogP contribution in [0.1, 0.15) is 11.1 Å². The molecule has 0 aliphatic carbocycles. The van der Waals surface area contributed by atoms with Gasteiger partial charge in [-0.15, -0.1) is 0 Å². The van der Waals surface area contributed by atoms with Crippen molar-refractivity contribution in [2.45, 2.75) is 6.61 Å². The van der Waals surface area contributed by atoms with Crippen molar-refractivity contribution in [3.63, 3.8) is 0 Å². The van der Waals surface area contributed by atoms with Gasteiger partial charge in [-0.3, -0.25) is 4.79 Å². The molecule has 134 valence electrons. The zero-order chi connectivity index (χ0) is 18.6. The molecule has 0 saturated carbocycles. The van der Waals surface area contributed by atoms with Crippen LogP contribution in [0.3, 0.4) is 0 Å². The van der Waals surface area contributed by atoms with E-state index in [0.717, 1.165) is 21.9 Å². The molecule has 0 radical (unpaired) electrons. The van der Waals surface area contributed by atoms with Gasteiger partial charge in [-0.1, -0.05) is 72.8 Å². The fraction of sp³-hybridized carbons (Fsp3) is 0.136. The number of rotatable bonds is 4. The largest absolute Gasteiger partial charge is 0.460 e. The second kappa shape index (κ2) is 7.68. The van der Waals surface area contributed by atoms with Crippen molar-refractivity contribution in [1.82, 2.24) is 5.32 Å². The van der Waals surface area contributed by atoms with Crippen LogP contribution in [0.4, 0.5) is 0 Å². The van der Waals surface area contributed by atoms with Gasteiger partial charge in [0.1, 0.15) is 12.5 Å². The lowest BCUT2D eigenvalue weighted by Gasteiger charge is -2.24. The summed E-state index contributed by atoms with van der Waals surface area (Å²) in [5.41, 5.74) is 2.53. The van der Waals surface area contributed by atoms with E-state index in [2.05, 4.69) is 10.3 Å². The van der Waals surface area contributed by atoms with Gasteiger partial charge >= 0.3 is 5.97 Å². The Kier molecular flexibility index (Phi) is 4.94. The number of aliphatic imine (C=N–C) groups is 1. The SMILES string of the molecule is O=C(OCc1ccccc1)C1CNC(=S)N=C1c1cccc2ccccc12. The van der Waals surface area contributed by atoms with Gasteiger partial charge in [-0.05, 0) is 28.6 Å². The van der Waals surface area contributed by atoms with Crippen LogP contribution >= 0.6 is 12.2 Å². The van der Waals surface area contributed by atoms with Crippen molar-refractivity contribution < 1.29 is 9.53 Å². The highest BCUT2D eigenvalue weighted by Crippen LogP contribution is 2.24. The summed E-state index contributed by atoms with van der Waals surface area (Å²) in [6.07, 6.45) is 0. The normalized spacial score (nSPS) is 16.5. The number of carbonyl (C=O) groups excluding carboxylic acids is 1. The Morgan fingerprint density at radius 3 is 2.63 bits per heavy atom. The van der Waals surface area contributed by atoms with Gasteiger partial charge in [0, 0.05) is 12.1 Å². The Balaban J connectivity index is 1.64. The molecular weight excluding hydrogens is 356 g/mol. The molecule has 27 heavy (non-hydrogen) atoms. The number of hydrogen-bond acceptors (Lipinski definition) is 3. The second-order valence-corrected chi connectivity index (χ2v) is 6.74. The van der Waals surface area contributed by atoms with Gasteiger partial charge in [-0.2, -0.15) is 0 Å². The summed E-state index contributed by atoms with van der Waals surface area (Å²) in [5.74, 6) is -0.813. The van der Waals surface area contributed by atoms with Crippen LogP contribution in [-0.4, -0.2) is 23.3 Å². The molecule has 0 aromatic heterocycles. The number of carbonyl (C=O) groups is 1. The van der Waals surface area contributed by atoms with Crippen molar-refractivity contribution in [3.8, 4) is 0 Å². The number of fused-ring (bicyclic) bond motifs is 1. The molecule has 4 rings (SSSR count). The molecule has 4 nitrogen and oxygen atoms in total. The zero-order valence-electron chi connectivity index (χ0n) is 14.6. The number of nitrogens with zero attached hydrogens (tertiary/aromatic N) is 1. The summed E-state index contributed by atoms with van der Waals surface area (Å²) in [5, 5.41) is 5.54. The standard InChI is InChI=1S/C22H18N2O2S/c25-21(26-14-15-7-2-1-3-8-15)19-13-23-22(27)24-20(19)18-12-6-10-16-9-4-5-11-17(16)18/h1-12,19H,13-14H2,(H,23,27). The Hall–Kier alpha value is -3.05. The van der Waals surface area contributed by atoms with E-state index in [-0.39, 0.29) is 12.6 Å². The molecule has 0 fully saturated rings. The van der Waals surface area contributed by atoms with Crippen molar-refractivity contribution in [2.75, 3.05) is 6.54 Å². The van der Waals surface area contributed by atoms with Gasteiger partial charge in [0.15, 0.2) is 5.11 Å². The number of esters is 1. The Morgan fingerprint density at radius 2 is 1.78 bits per heavy atom. The van der Waals surface area contributed by atoms with Gasteiger partial charge in [0.2, 0.25) is 0 Å². The molecule has 3 aromatic rings. The monoisotopic (exact) mass is 374 g/mol. The first-order chi connectivity index (χ1) is 13.2. The predicted molar refractivity (Wildman–Crippen MR) is 111 cm³/mol. The van der Waals surface area contributed by atoms with E-state index in [1.165, 1.54) is 0 Å². The van der Waals surface area contributed by atoms with Crippen molar-refractivity contribution in [3.05, 3.63) is 83.9 Å². The van der Waals surface area contributed by atoms with E-state index in [1.54, 1.807) is 0 Å². The lowest BCUT2D eigenvalue weighted by Crippen LogP contribution is -2.42. The average Bonchev–Trinajstić information content (AvgIpc) is 2.72. The summed E-state index contributed by atoms with van der Waals surface area (Å²) in [6.45, 7) is 0.623. The Morgan fingerprint density at radius 1 is 1.04 bits per heavy atom. The first kappa shape index (κ1) is 17.4. The summed E-state index contributed by atoms with van der Waals surface area (Å²) in [7, 11) is 0. The highest BCUT2D eigenvalue weighted by molar-refractivity contribution is 7.80. The molecule has 3 aromatic carbocycles. The van der Waals surface area contributed by atoms with Crippen LogP contribution in [-0.2, 0) is 16.1 Å². The highest BCUT2D eigenvalue weighted by Gasteiger charge is 2.31. The van der Waals surface area contributed by atoms with E-state index < -0.39 is 5.92 Å². The number of thiocarbonyl (C=S) groups is 1. The minimum absolute atomic E-state index is 0.240. The van der Waals surface area contributed by atoms with E-state index >= 15 is 0 Å². The molecule has 5 heteroatoms. The molecule has 0 saturated heterocycles. The fourth-order valence-electron chi connectivity index (χ4n) is 3.23. The summed E-state index contributed by atoms with van der Waals surface area (Å²) < 4.78 is 5.56. The topological polar surface area (TPSA) is 50.7 Å². The third-order valence-electron chi connectivity index (χ3n) is 4.58. The molecular formula is C22H18N2O2S. The third kappa shape index (κ3) is 3.73. The maximum Gasteiger partial charge on any atom is 0.317 e.